The summed E-state index contributed by atoms with van der Waals surface area (Å²) in [7, 11) is 0. The van der Waals surface area contributed by atoms with Gasteiger partial charge in [0.2, 0.25) is 0 Å². The average Bonchev–Trinajstić information content (AvgIpc) is 3.44. The van der Waals surface area contributed by atoms with Gasteiger partial charge >= 0.3 is 0 Å². The van der Waals surface area contributed by atoms with Crippen molar-refractivity contribution in [2.24, 2.45) is 0 Å². The van der Waals surface area contributed by atoms with Crippen LogP contribution in [-0.2, 0) is 13.0 Å². The lowest BCUT2D eigenvalue weighted by molar-refractivity contribution is 0.0954. The lowest BCUT2D eigenvalue weighted by atomic mass is 9.96. The van der Waals surface area contributed by atoms with Crippen LogP contribution in [0.25, 0.3) is 22.3 Å². The molecule has 1 amide bonds. The Kier molecular flexibility index (Phi) is 7.75. The number of likely N-dealkylation sites (tertiary alicyclic amines) is 1. The Morgan fingerprint density at radius 1 is 0.833 bits per heavy atom. The van der Waals surface area contributed by atoms with E-state index < -0.39 is 0 Å². The van der Waals surface area contributed by atoms with E-state index in [-0.39, 0.29) is 5.91 Å². The minimum Gasteiger partial charge on any atom is -0.352 e. The molecule has 4 nitrogen and oxygen atoms in total. The molecule has 1 fully saturated rings. The Hall–Kier alpha value is -3.47. The molecular formula is C31H30ClN3O. The van der Waals surface area contributed by atoms with Crippen LogP contribution in [-0.4, -0.2) is 35.4 Å². The molecule has 0 spiro atoms. The number of carbonyl (C=O) groups is 1. The van der Waals surface area contributed by atoms with Crippen molar-refractivity contribution in [3.8, 4) is 22.3 Å². The van der Waals surface area contributed by atoms with E-state index in [0.29, 0.717) is 17.1 Å². The van der Waals surface area contributed by atoms with Gasteiger partial charge in [-0.25, -0.2) is 0 Å². The highest BCUT2D eigenvalue weighted by Crippen LogP contribution is 2.27. The fourth-order valence-corrected chi connectivity index (χ4v) is 4.90. The van der Waals surface area contributed by atoms with Gasteiger partial charge in [0.15, 0.2) is 0 Å². The number of benzene rings is 3. The van der Waals surface area contributed by atoms with Crippen molar-refractivity contribution in [3.05, 3.63) is 113 Å². The highest BCUT2D eigenvalue weighted by Gasteiger charge is 2.15. The Labute approximate surface area is 218 Å². The van der Waals surface area contributed by atoms with Gasteiger partial charge in [0.1, 0.15) is 0 Å². The largest absolute Gasteiger partial charge is 0.352 e. The molecular weight excluding hydrogens is 466 g/mol. The number of rotatable bonds is 8. The number of carbonyl (C=O) groups excluding carboxylic acids is 1. The summed E-state index contributed by atoms with van der Waals surface area (Å²) in [6.07, 6.45) is 7.04. The van der Waals surface area contributed by atoms with Gasteiger partial charge in [0.25, 0.3) is 5.91 Å². The zero-order valence-electron chi connectivity index (χ0n) is 20.3. The summed E-state index contributed by atoms with van der Waals surface area (Å²) in [4.78, 5) is 19.4. The smallest absolute Gasteiger partial charge is 0.251 e. The van der Waals surface area contributed by atoms with Gasteiger partial charge in [-0.2, -0.15) is 0 Å². The predicted molar refractivity (Wildman–Crippen MR) is 147 cm³/mol. The maximum Gasteiger partial charge on any atom is 0.251 e. The molecule has 2 heterocycles. The van der Waals surface area contributed by atoms with Gasteiger partial charge in [0.05, 0.1) is 0 Å². The molecule has 0 saturated carbocycles. The Morgan fingerprint density at radius 2 is 1.50 bits per heavy atom. The molecule has 4 aromatic rings. The molecule has 5 rings (SSSR count). The minimum atomic E-state index is -0.0577. The third-order valence-electron chi connectivity index (χ3n) is 6.78. The first-order valence-electron chi connectivity index (χ1n) is 12.5. The second-order valence-corrected chi connectivity index (χ2v) is 9.74. The summed E-state index contributed by atoms with van der Waals surface area (Å²) in [6, 6.07) is 26.2. The molecule has 1 aliphatic rings. The number of hydrogen-bond donors (Lipinski definition) is 1. The summed E-state index contributed by atoms with van der Waals surface area (Å²) >= 11 is 5.98. The molecule has 0 aliphatic carbocycles. The van der Waals surface area contributed by atoms with Crippen LogP contribution >= 0.6 is 11.6 Å². The van der Waals surface area contributed by atoms with Crippen LogP contribution in [0.1, 0.15) is 34.3 Å². The number of hydrogen-bond acceptors (Lipinski definition) is 3. The topological polar surface area (TPSA) is 45.2 Å². The first kappa shape index (κ1) is 24.2. The molecule has 0 atom stereocenters. The van der Waals surface area contributed by atoms with Crippen molar-refractivity contribution < 1.29 is 4.79 Å². The zero-order chi connectivity index (χ0) is 24.7. The molecule has 1 N–H and O–H groups in total. The van der Waals surface area contributed by atoms with E-state index in [1.54, 1.807) is 0 Å². The summed E-state index contributed by atoms with van der Waals surface area (Å²) in [5.41, 5.74) is 7.79. The molecule has 3 aromatic carbocycles. The third-order valence-corrected chi connectivity index (χ3v) is 7.03. The normalized spacial score (nSPS) is 13.6. The number of amides is 1. The number of pyridine rings is 1. The molecule has 182 valence electrons. The Morgan fingerprint density at radius 3 is 2.19 bits per heavy atom. The van der Waals surface area contributed by atoms with Crippen LogP contribution in [0, 0.1) is 0 Å². The van der Waals surface area contributed by atoms with Gasteiger partial charge in [-0.05, 0) is 102 Å². The number of nitrogens with one attached hydrogen (secondary N) is 1. The van der Waals surface area contributed by atoms with Crippen LogP contribution in [0.5, 0.6) is 0 Å². The Bertz CT molecular complexity index is 1300. The van der Waals surface area contributed by atoms with Crippen LogP contribution in [0.2, 0.25) is 5.02 Å². The van der Waals surface area contributed by atoms with Gasteiger partial charge < -0.3 is 5.32 Å². The van der Waals surface area contributed by atoms with E-state index in [2.05, 4.69) is 45.5 Å². The molecule has 36 heavy (non-hydrogen) atoms. The predicted octanol–water partition coefficient (Wildman–Crippen LogP) is 6.64. The summed E-state index contributed by atoms with van der Waals surface area (Å²) in [5.74, 6) is -0.0577. The van der Waals surface area contributed by atoms with Crippen LogP contribution in [0.3, 0.4) is 0 Å². The first-order valence-corrected chi connectivity index (χ1v) is 12.9. The molecule has 1 aromatic heterocycles. The quantitative estimate of drug-likeness (QED) is 0.298. The molecule has 1 saturated heterocycles. The van der Waals surface area contributed by atoms with E-state index in [9.17, 15) is 4.79 Å². The fourth-order valence-electron chi connectivity index (χ4n) is 4.78. The van der Waals surface area contributed by atoms with Crippen molar-refractivity contribution in [3.63, 3.8) is 0 Å². The SMILES string of the molecule is O=C(NCCc1ccc(CN2CCCC2)c(-c2ccncc2)c1)c1ccc(-c2ccc(Cl)cc2)cc1. The van der Waals surface area contributed by atoms with Crippen molar-refractivity contribution in [1.82, 2.24) is 15.2 Å². The van der Waals surface area contributed by atoms with Crippen molar-refractivity contribution in [1.29, 1.82) is 0 Å². The van der Waals surface area contributed by atoms with Crippen molar-refractivity contribution >= 4 is 17.5 Å². The fraction of sp³-hybridized carbons (Fsp3) is 0.226. The number of aromatic nitrogens is 1. The monoisotopic (exact) mass is 495 g/mol. The second kappa shape index (κ2) is 11.5. The third kappa shape index (κ3) is 6.01. The lowest BCUT2D eigenvalue weighted by Gasteiger charge is -2.19. The lowest BCUT2D eigenvalue weighted by Crippen LogP contribution is -2.25. The summed E-state index contributed by atoms with van der Waals surface area (Å²) < 4.78 is 0. The maximum atomic E-state index is 12.7. The van der Waals surface area contributed by atoms with Gasteiger partial charge in [-0.1, -0.05) is 54.1 Å². The van der Waals surface area contributed by atoms with Crippen LogP contribution in [0.15, 0.2) is 91.3 Å². The van der Waals surface area contributed by atoms with Gasteiger partial charge in [0, 0.05) is 36.1 Å². The molecule has 0 radical (unpaired) electrons. The van der Waals surface area contributed by atoms with Gasteiger partial charge in [-0.3, -0.25) is 14.7 Å². The molecule has 0 unspecified atom stereocenters. The Balaban J connectivity index is 1.22. The van der Waals surface area contributed by atoms with Crippen LogP contribution in [0.4, 0.5) is 0 Å². The standard InChI is InChI=1S/C31H30ClN3O/c32-29-11-9-25(10-12-29)24-5-7-27(8-6-24)31(36)34-18-13-23-3-4-28(22-35-19-1-2-20-35)30(21-23)26-14-16-33-17-15-26/h3-12,14-17,21H,1-2,13,18-20,22H2,(H,34,36). The van der Waals surface area contributed by atoms with Gasteiger partial charge in [-0.15, -0.1) is 0 Å². The van der Waals surface area contributed by atoms with E-state index in [0.717, 1.165) is 24.1 Å². The van der Waals surface area contributed by atoms with E-state index in [4.69, 9.17) is 11.6 Å². The summed E-state index contributed by atoms with van der Waals surface area (Å²) in [6.45, 7) is 3.90. The van der Waals surface area contributed by atoms with E-state index >= 15 is 0 Å². The number of nitrogens with zero attached hydrogens (tertiary/aromatic N) is 2. The number of halogens is 1. The molecule has 0 bridgehead atoms. The maximum absolute atomic E-state index is 12.7. The van der Waals surface area contributed by atoms with Crippen molar-refractivity contribution in [2.75, 3.05) is 19.6 Å². The molecule has 5 heteroatoms. The van der Waals surface area contributed by atoms with E-state index in [1.807, 2.05) is 60.9 Å². The summed E-state index contributed by atoms with van der Waals surface area (Å²) in [5, 5.41) is 3.78. The minimum absolute atomic E-state index is 0.0577. The average molecular weight is 496 g/mol. The highest BCUT2D eigenvalue weighted by atomic mass is 35.5. The highest BCUT2D eigenvalue weighted by molar-refractivity contribution is 6.30. The zero-order valence-corrected chi connectivity index (χ0v) is 21.0. The van der Waals surface area contributed by atoms with Crippen molar-refractivity contribution in [2.45, 2.75) is 25.8 Å². The van der Waals surface area contributed by atoms with E-state index in [1.165, 1.54) is 48.2 Å². The molecule has 1 aliphatic heterocycles. The van der Waals surface area contributed by atoms with Crippen LogP contribution < -0.4 is 5.32 Å². The second-order valence-electron chi connectivity index (χ2n) is 9.30. The first-order chi connectivity index (χ1) is 17.7.